The summed E-state index contributed by atoms with van der Waals surface area (Å²) < 4.78 is 0. The molecule has 0 radical (unpaired) electrons. The molecule has 4 N–H and O–H groups in total. The molecule has 0 rings (SSSR count). The molecule has 0 saturated heterocycles. The second-order valence-corrected chi connectivity index (χ2v) is 3.53. The Bertz CT molecular complexity index is 128. The fourth-order valence-electron chi connectivity index (χ4n) is 0.285. The largest absolute Gasteiger partial charge is 1.00 e. The minimum Gasteiger partial charge on any atom is -0.361 e. The molecule has 0 spiro atoms. The fourth-order valence-corrected chi connectivity index (χ4v) is 1.35. The molecule has 68 valence electrons. The van der Waals surface area contributed by atoms with Gasteiger partial charge in [-0.05, 0) is 0 Å². The van der Waals surface area contributed by atoms with Crippen LogP contribution in [-0.2, 0) is 17.1 Å². The van der Waals surface area contributed by atoms with Crippen LogP contribution in [0.25, 0.3) is 0 Å². The molecule has 4 nitrogen and oxygen atoms in total. The fraction of sp³-hybridized carbons (Fsp3) is 0.500. The number of rotatable bonds is 3. The summed E-state index contributed by atoms with van der Waals surface area (Å²) in [5.41, 5.74) is 9.62. The van der Waals surface area contributed by atoms with E-state index in [2.05, 4.69) is 0 Å². The van der Waals surface area contributed by atoms with E-state index in [4.69, 9.17) is 11.5 Å². The summed E-state index contributed by atoms with van der Waals surface area (Å²) >= 11 is 1.97. The Morgan fingerprint density at radius 2 is 1.27 bits per heavy atom. The molecule has 0 unspecified atom stereocenters. The number of nitrogens with two attached hydrogens (primary N) is 2. The van der Waals surface area contributed by atoms with Crippen LogP contribution in [0.15, 0.2) is 0 Å². The van der Waals surface area contributed by atoms with Crippen molar-refractivity contribution in [2.75, 3.05) is 11.5 Å². The van der Waals surface area contributed by atoms with Crippen molar-refractivity contribution >= 4 is 34.0 Å². The van der Waals surface area contributed by atoms with Gasteiger partial charge in [-0.1, -0.05) is 23.5 Å². The van der Waals surface area contributed by atoms with Gasteiger partial charge >= 0.3 is 17.1 Å². The Morgan fingerprint density at radius 3 is 1.45 bits per heavy atom. The van der Waals surface area contributed by atoms with E-state index in [1.165, 1.54) is 0 Å². The van der Waals surface area contributed by atoms with Crippen LogP contribution < -0.4 is 11.5 Å². The van der Waals surface area contributed by atoms with Crippen molar-refractivity contribution in [3.05, 3.63) is 0 Å². The summed E-state index contributed by atoms with van der Waals surface area (Å²) in [6.45, 7) is 0. The van der Waals surface area contributed by atoms with Gasteiger partial charge in [-0.2, -0.15) is 0 Å². The van der Waals surface area contributed by atoms with Crippen LogP contribution in [0.3, 0.4) is 0 Å². The van der Waals surface area contributed by atoms with E-state index in [1.54, 1.807) is 0 Å². The first-order valence-electron chi connectivity index (χ1n) is 2.47. The van der Waals surface area contributed by atoms with E-state index < -0.39 is 10.5 Å². The van der Waals surface area contributed by atoms with Crippen molar-refractivity contribution in [3.8, 4) is 0 Å². The maximum atomic E-state index is 10.1. The molecule has 0 saturated carbocycles. The third kappa shape index (κ3) is 13.2. The van der Waals surface area contributed by atoms with Crippen LogP contribution in [0.2, 0.25) is 0 Å². The van der Waals surface area contributed by atoms with Crippen LogP contribution in [0, 0.1) is 0 Å². The van der Waals surface area contributed by atoms with Crippen molar-refractivity contribution in [3.63, 3.8) is 0 Å². The maximum Gasteiger partial charge on any atom is 1.00 e. The van der Waals surface area contributed by atoms with Crippen molar-refractivity contribution in [2.45, 2.75) is 0 Å². The van der Waals surface area contributed by atoms with Gasteiger partial charge in [-0.15, -0.1) is 0 Å². The van der Waals surface area contributed by atoms with E-state index in [1.807, 2.05) is 0 Å². The molecule has 0 aromatic heterocycles. The zero-order valence-electron chi connectivity index (χ0n) is 5.50. The molecule has 0 aliphatic rings. The minimum absolute atomic E-state index is 0. The number of hydrogen-bond donors (Lipinski definition) is 2. The summed E-state index contributed by atoms with van der Waals surface area (Å²) in [6.07, 6.45) is 0. The van der Waals surface area contributed by atoms with Gasteiger partial charge in [-0.3, -0.25) is 9.59 Å². The van der Waals surface area contributed by atoms with E-state index in [-0.39, 0.29) is 17.1 Å². The van der Waals surface area contributed by atoms with E-state index >= 15 is 0 Å². The van der Waals surface area contributed by atoms with Gasteiger partial charge in [-0.25, -0.2) is 0 Å². The van der Waals surface area contributed by atoms with Crippen LogP contribution in [0.1, 0.15) is 0 Å². The summed E-state index contributed by atoms with van der Waals surface area (Å²) in [5, 5.41) is -0.852. The van der Waals surface area contributed by atoms with Gasteiger partial charge in [0.1, 0.15) is 0 Å². The predicted octanol–water partition coefficient (Wildman–Crippen LogP) is 0.608. The Hall–Kier alpha value is 0.159. The topological polar surface area (TPSA) is 86.2 Å². The van der Waals surface area contributed by atoms with Crippen LogP contribution in [-0.4, -0.2) is 22.0 Å². The SMILES string of the molecule is NC(=O)SCCSC(N)=O.[Cu+]. The Balaban J connectivity index is 0. The zero-order chi connectivity index (χ0) is 7.98. The number of amides is 2. The zero-order valence-corrected chi connectivity index (χ0v) is 8.08. The number of carbonyl (C=O) groups is 2. The van der Waals surface area contributed by atoms with Crippen molar-refractivity contribution < 1.29 is 26.7 Å². The molecule has 0 aliphatic carbocycles. The average molecular weight is 244 g/mol. The first kappa shape index (κ1) is 13.7. The first-order valence-corrected chi connectivity index (χ1v) is 4.44. The predicted molar refractivity (Wildman–Crippen MR) is 44.1 cm³/mol. The molecule has 0 bridgehead atoms. The number of hydrogen-bond acceptors (Lipinski definition) is 4. The molecule has 11 heavy (non-hydrogen) atoms. The van der Waals surface area contributed by atoms with Crippen molar-refractivity contribution in [1.82, 2.24) is 0 Å². The molecule has 0 aliphatic heterocycles. The molecular formula is C4H8CuN2O2S2+. The minimum atomic E-state index is -0.426. The average Bonchev–Trinajstić information content (AvgIpc) is 1.79. The maximum absolute atomic E-state index is 10.1. The monoisotopic (exact) mass is 243 g/mol. The van der Waals surface area contributed by atoms with Gasteiger partial charge in [0.05, 0.1) is 0 Å². The van der Waals surface area contributed by atoms with Crippen LogP contribution in [0.4, 0.5) is 9.59 Å². The summed E-state index contributed by atoms with van der Waals surface area (Å²) in [4.78, 5) is 20.2. The molecule has 0 heterocycles. The third-order valence-corrected chi connectivity index (χ3v) is 2.22. The van der Waals surface area contributed by atoms with Crippen LogP contribution >= 0.6 is 23.5 Å². The quantitative estimate of drug-likeness (QED) is 0.562. The van der Waals surface area contributed by atoms with E-state index in [0.717, 1.165) is 23.5 Å². The van der Waals surface area contributed by atoms with E-state index in [0.29, 0.717) is 11.5 Å². The van der Waals surface area contributed by atoms with Crippen LogP contribution in [0.5, 0.6) is 0 Å². The molecule has 0 atom stereocenters. The summed E-state index contributed by atoms with van der Waals surface area (Å²) in [5.74, 6) is 1.06. The van der Waals surface area contributed by atoms with Crippen molar-refractivity contribution in [1.29, 1.82) is 0 Å². The summed E-state index contributed by atoms with van der Waals surface area (Å²) in [7, 11) is 0. The number of carbonyl (C=O) groups excluding carboxylic acids is 2. The first-order chi connectivity index (χ1) is 4.63. The number of primary amides is 2. The van der Waals surface area contributed by atoms with Gasteiger partial charge in [0, 0.05) is 11.5 Å². The Labute approximate surface area is 83.7 Å². The standard InChI is InChI=1S/C4H8N2O2S2.Cu/c5-3(7)9-1-2-10-4(6)8;/h1-2H2,(H2,5,7)(H2,6,8);/q;+1. The third-order valence-electron chi connectivity index (χ3n) is 0.572. The van der Waals surface area contributed by atoms with Gasteiger partial charge in [0.25, 0.3) is 10.5 Å². The smallest absolute Gasteiger partial charge is 0.361 e. The summed E-state index contributed by atoms with van der Waals surface area (Å²) in [6, 6.07) is 0. The van der Waals surface area contributed by atoms with Gasteiger partial charge < -0.3 is 11.5 Å². The van der Waals surface area contributed by atoms with Gasteiger partial charge in [0.2, 0.25) is 0 Å². The Kier molecular flexibility index (Phi) is 10.3. The molecule has 0 aromatic carbocycles. The second-order valence-electron chi connectivity index (χ2n) is 1.33. The van der Waals surface area contributed by atoms with Gasteiger partial charge in [0.15, 0.2) is 0 Å². The van der Waals surface area contributed by atoms with Crippen molar-refractivity contribution in [2.24, 2.45) is 11.5 Å². The Morgan fingerprint density at radius 1 is 1.00 bits per heavy atom. The molecule has 0 fully saturated rings. The van der Waals surface area contributed by atoms with E-state index in [9.17, 15) is 9.59 Å². The molecule has 7 heteroatoms. The number of thioether (sulfide) groups is 2. The molecule has 2 amide bonds. The normalized spacial score (nSPS) is 8.36. The molecule has 0 aromatic rings. The molecular weight excluding hydrogens is 236 g/mol. The second kappa shape index (κ2) is 8.26.